The van der Waals surface area contributed by atoms with Crippen molar-refractivity contribution < 1.29 is 0 Å². The molecule has 0 aliphatic carbocycles. The first kappa shape index (κ1) is 15.9. The lowest BCUT2D eigenvalue weighted by molar-refractivity contribution is 0.247. The summed E-state index contributed by atoms with van der Waals surface area (Å²) in [6.45, 7) is 5.68. The smallest absolute Gasteiger partial charge is 0.204 e. The summed E-state index contributed by atoms with van der Waals surface area (Å²) in [6.07, 6.45) is 0. The van der Waals surface area contributed by atoms with Crippen LogP contribution in [0.3, 0.4) is 0 Å². The van der Waals surface area contributed by atoms with Crippen LogP contribution in [0.2, 0.25) is 4.34 Å². The summed E-state index contributed by atoms with van der Waals surface area (Å²) in [5.74, 6) is 0. The number of rotatable bonds is 6. The lowest BCUT2D eigenvalue weighted by atomic mass is 10.4. The average molecular weight is 349 g/mol. The van der Waals surface area contributed by atoms with E-state index >= 15 is 0 Å². The van der Waals surface area contributed by atoms with E-state index < -0.39 is 0 Å². The number of nitrogens with zero attached hydrogens (tertiary/aromatic N) is 3. The van der Waals surface area contributed by atoms with Gasteiger partial charge in [-0.3, -0.25) is 4.90 Å². The van der Waals surface area contributed by atoms with Gasteiger partial charge in [-0.25, -0.2) is 4.68 Å². The van der Waals surface area contributed by atoms with Gasteiger partial charge in [0.15, 0.2) is 3.95 Å². The molecule has 0 aliphatic rings. The minimum atomic E-state index is 0.356. The van der Waals surface area contributed by atoms with Crippen molar-refractivity contribution in [1.82, 2.24) is 14.7 Å². The summed E-state index contributed by atoms with van der Waals surface area (Å²) in [5.41, 5.74) is 0. The summed E-state index contributed by atoms with van der Waals surface area (Å²) in [4.78, 5) is 3.40. The molecule has 8 heteroatoms. The topological polar surface area (TPSA) is 33.1 Å². The van der Waals surface area contributed by atoms with E-state index in [9.17, 15) is 0 Å². The van der Waals surface area contributed by atoms with Gasteiger partial charge in [-0.1, -0.05) is 22.9 Å². The highest BCUT2D eigenvalue weighted by molar-refractivity contribution is 7.73. The SMILES string of the molecule is CC(C)Nc1nn(CN(C)Cc2ccc(Cl)s2)c(=S)s1. The molecule has 2 aromatic heterocycles. The summed E-state index contributed by atoms with van der Waals surface area (Å²) in [6, 6.07) is 4.33. The Kier molecular flexibility index (Phi) is 5.57. The van der Waals surface area contributed by atoms with Gasteiger partial charge in [-0.2, -0.15) is 0 Å². The molecule has 0 spiro atoms. The van der Waals surface area contributed by atoms with Crippen molar-refractivity contribution in [3.05, 3.63) is 25.3 Å². The van der Waals surface area contributed by atoms with Crippen molar-refractivity contribution >= 4 is 51.6 Å². The van der Waals surface area contributed by atoms with Gasteiger partial charge in [0.25, 0.3) is 0 Å². The molecule has 2 aromatic rings. The fraction of sp³-hybridized carbons (Fsp3) is 0.500. The summed E-state index contributed by atoms with van der Waals surface area (Å²) in [7, 11) is 2.05. The minimum absolute atomic E-state index is 0.356. The Morgan fingerprint density at radius 1 is 1.45 bits per heavy atom. The summed E-state index contributed by atoms with van der Waals surface area (Å²) < 4.78 is 3.45. The van der Waals surface area contributed by atoms with E-state index in [0.717, 1.165) is 20.0 Å². The van der Waals surface area contributed by atoms with Crippen LogP contribution in [-0.4, -0.2) is 27.8 Å². The van der Waals surface area contributed by atoms with Crippen molar-refractivity contribution in [2.75, 3.05) is 12.4 Å². The van der Waals surface area contributed by atoms with Crippen molar-refractivity contribution in [2.45, 2.75) is 33.1 Å². The van der Waals surface area contributed by atoms with Crippen molar-refractivity contribution in [3.8, 4) is 0 Å². The van der Waals surface area contributed by atoms with Gasteiger partial charge in [0, 0.05) is 17.5 Å². The van der Waals surface area contributed by atoms with Gasteiger partial charge < -0.3 is 5.32 Å². The Morgan fingerprint density at radius 3 is 2.80 bits per heavy atom. The third kappa shape index (κ3) is 4.53. The van der Waals surface area contributed by atoms with Crippen LogP contribution < -0.4 is 5.32 Å². The van der Waals surface area contributed by atoms with Gasteiger partial charge in [0.2, 0.25) is 5.13 Å². The van der Waals surface area contributed by atoms with E-state index in [1.165, 1.54) is 16.2 Å². The molecule has 0 saturated carbocycles. The normalized spacial score (nSPS) is 11.5. The Labute approximate surface area is 137 Å². The first-order valence-corrected chi connectivity index (χ1v) is 8.63. The van der Waals surface area contributed by atoms with Gasteiger partial charge >= 0.3 is 0 Å². The third-order valence-electron chi connectivity index (χ3n) is 2.45. The van der Waals surface area contributed by atoms with Gasteiger partial charge in [0.05, 0.1) is 11.0 Å². The number of nitrogens with one attached hydrogen (secondary N) is 1. The number of hydrogen-bond donors (Lipinski definition) is 1. The highest BCUT2D eigenvalue weighted by atomic mass is 35.5. The van der Waals surface area contributed by atoms with E-state index in [0.29, 0.717) is 12.7 Å². The Hall–Kier alpha value is -0.470. The first-order valence-electron chi connectivity index (χ1n) is 6.21. The van der Waals surface area contributed by atoms with Gasteiger partial charge in [0.1, 0.15) is 0 Å². The zero-order valence-electron chi connectivity index (χ0n) is 11.6. The molecule has 1 N–H and O–H groups in total. The maximum atomic E-state index is 5.94. The maximum Gasteiger partial charge on any atom is 0.204 e. The monoisotopic (exact) mass is 348 g/mol. The molecular weight excluding hydrogens is 332 g/mol. The number of thiophene rings is 1. The molecule has 20 heavy (non-hydrogen) atoms. The Balaban J connectivity index is 1.98. The van der Waals surface area contributed by atoms with Crippen molar-refractivity contribution in [2.24, 2.45) is 0 Å². The zero-order valence-corrected chi connectivity index (χ0v) is 14.8. The van der Waals surface area contributed by atoms with Crippen LogP contribution in [0.25, 0.3) is 0 Å². The average Bonchev–Trinajstić information content (AvgIpc) is 2.85. The Bertz CT molecular complexity index is 616. The molecule has 0 atom stereocenters. The maximum absolute atomic E-state index is 5.94. The van der Waals surface area contributed by atoms with E-state index in [1.807, 2.05) is 17.8 Å². The van der Waals surface area contributed by atoms with E-state index in [4.69, 9.17) is 23.8 Å². The van der Waals surface area contributed by atoms with Crippen LogP contribution in [-0.2, 0) is 13.2 Å². The molecule has 2 heterocycles. The molecule has 0 radical (unpaired) electrons. The van der Waals surface area contributed by atoms with E-state index in [2.05, 4.69) is 35.2 Å². The molecule has 0 aromatic carbocycles. The van der Waals surface area contributed by atoms with E-state index in [1.54, 1.807) is 11.3 Å². The number of halogens is 1. The molecule has 0 fully saturated rings. The number of anilines is 1. The van der Waals surface area contributed by atoms with Crippen LogP contribution in [0.4, 0.5) is 5.13 Å². The van der Waals surface area contributed by atoms with Crippen LogP contribution in [0.15, 0.2) is 12.1 Å². The Morgan fingerprint density at radius 2 is 2.20 bits per heavy atom. The summed E-state index contributed by atoms with van der Waals surface area (Å²) in [5, 5.41) is 8.64. The fourth-order valence-corrected chi connectivity index (χ4v) is 3.99. The lowest BCUT2D eigenvalue weighted by Crippen LogP contribution is -2.22. The van der Waals surface area contributed by atoms with Crippen molar-refractivity contribution in [1.29, 1.82) is 0 Å². The predicted molar refractivity (Wildman–Crippen MR) is 90.5 cm³/mol. The van der Waals surface area contributed by atoms with Crippen molar-refractivity contribution in [3.63, 3.8) is 0 Å². The van der Waals surface area contributed by atoms with Crippen LogP contribution in [0, 0.1) is 3.95 Å². The van der Waals surface area contributed by atoms with Gasteiger partial charge in [-0.15, -0.1) is 16.4 Å². The highest BCUT2D eigenvalue weighted by Gasteiger charge is 2.08. The van der Waals surface area contributed by atoms with Crippen LogP contribution in [0.5, 0.6) is 0 Å². The molecule has 0 bridgehead atoms. The molecule has 0 saturated heterocycles. The molecule has 0 amide bonds. The zero-order chi connectivity index (χ0) is 14.7. The fourth-order valence-electron chi connectivity index (χ4n) is 1.68. The molecule has 2 rings (SSSR count). The van der Waals surface area contributed by atoms with E-state index in [-0.39, 0.29) is 0 Å². The molecule has 0 unspecified atom stereocenters. The van der Waals surface area contributed by atoms with Gasteiger partial charge in [-0.05, 0) is 45.2 Å². The summed E-state index contributed by atoms with van der Waals surface area (Å²) >= 11 is 14.4. The quantitative estimate of drug-likeness (QED) is 0.789. The highest BCUT2D eigenvalue weighted by Crippen LogP contribution is 2.22. The first-order chi connectivity index (χ1) is 9.44. The number of aromatic nitrogens is 2. The predicted octanol–water partition coefficient (Wildman–Crippen LogP) is 4.30. The largest absolute Gasteiger partial charge is 0.358 e. The number of hydrogen-bond acceptors (Lipinski definition) is 6. The van der Waals surface area contributed by atoms with Crippen LogP contribution >= 0.6 is 46.5 Å². The lowest BCUT2D eigenvalue weighted by Gasteiger charge is -2.15. The minimum Gasteiger partial charge on any atom is -0.358 e. The molecular formula is C12H17ClN4S3. The van der Waals surface area contributed by atoms with Crippen LogP contribution in [0.1, 0.15) is 18.7 Å². The molecule has 0 aliphatic heterocycles. The third-order valence-corrected chi connectivity index (χ3v) is 4.90. The second-order valence-corrected chi connectivity index (χ2v) is 8.26. The second-order valence-electron chi connectivity index (χ2n) is 4.83. The standard InChI is InChI=1S/C12H17ClN4S3/c1-8(2)14-11-15-17(12(18)20-11)7-16(3)6-9-4-5-10(13)19-9/h4-5,8H,6-7H2,1-3H3,(H,14,15). The molecule has 4 nitrogen and oxygen atoms in total. The second kappa shape index (κ2) is 7.00. The molecule has 110 valence electrons.